The molecule has 110 valence electrons. The van der Waals surface area contributed by atoms with Gasteiger partial charge in [-0.3, -0.25) is 9.00 Å². The minimum Gasteiger partial charge on any atom is -0.399 e. The minimum absolute atomic E-state index is 0.164. The number of nitrogens with one attached hydrogen (secondary N) is 1. The highest BCUT2D eigenvalue weighted by Crippen LogP contribution is 2.25. The molecule has 4 nitrogen and oxygen atoms in total. The van der Waals surface area contributed by atoms with Gasteiger partial charge in [0.1, 0.15) is 0 Å². The highest BCUT2D eigenvalue weighted by atomic mass is 35.5. The molecule has 1 aromatic carbocycles. The van der Waals surface area contributed by atoms with Gasteiger partial charge in [-0.05, 0) is 31.0 Å². The van der Waals surface area contributed by atoms with Crippen LogP contribution in [0, 0.1) is 0 Å². The first-order valence-corrected chi connectivity index (χ1v) is 8.54. The van der Waals surface area contributed by atoms with Gasteiger partial charge in [-0.1, -0.05) is 24.4 Å². The van der Waals surface area contributed by atoms with Crippen LogP contribution in [0.2, 0.25) is 5.02 Å². The van der Waals surface area contributed by atoms with Crippen molar-refractivity contribution in [1.29, 1.82) is 0 Å². The molecule has 0 spiro atoms. The van der Waals surface area contributed by atoms with E-state index in [9.17, 15) is 9.00 Å². The molecule has 1 aliphatic carbocycles. The summed E-state index contributed by atoms with van der Waals surface area (Å²) in [6.45, 7) is 0. The number of rotatable bonds is 5. The normalized spacial score (nSPS) is 17.1. The second-order valence-corrected chi connectivity index (χ2v) is 7.27. The Morgan fingerprint density at radius 1 is 1.40 bits per heavy atom. The number of benzene rings is 1. The number of carbonyl (C=O) groups is 1. The van der Waals surface area contributed by atoms with E-state index in [1.54, 1.807) is 18.2 Å². The molecule has 20 heavy (non-hydrogen) atoms. The Morgan fingerprint density at radius 2 is 2.10 bits per heavy atom. The molecule has 1 aliphatic rings. The van der Waals surface area contributed by atoms with Crippen molar-refractivity contribution in [2.24, 2.45) is 0 Å². The van der Waals surface area contributed by atoms with Gasteiger partial charge in [-0.25, -0.2) is 0 Å². The number of hydrogen-bond acceptors (Lipinski definition) is 3. The Labute approximate surface area is 126 Å². The maximum Gasteiger partial charge on any atom is 0.225 e. The summed E-state index contributed by atoms with van der Waals surface area (Å²) < 4.78 is 12.0. The van der Waals surface area contributed by atoms with Gasteiger partial charge in [0.2, 0.25) is 5.91 Å². The van der Waals surface area contributed by atoms with Crippen molar-refractivity contribution in [3.05, 3.63) is 23.2 Å². The molecule has 1 unspecified atom stereocenters. The SMILES string of the molecule is Nc1ccc(NC(=O)CCS(=O)C2CCCC2)c(Cl)c1. The van der Waals surface area contributed by atoms with E-state index in [0.717, 1.165) is 25.7 Å². The molecule has 2 rings (SSSR count). The molecule has 6 heteroatoms. The van der Waals surface area contributed by atoms with Gasteiger partial charge in [0.05, 0.1) is 10.7 Å². The van der Waals surface area contributed by atoms with E-state index < -0.39 is 10.8 Å². The topological polar surface area (TPSA) is 72.2 Å². The van der Waals surface area contributed by atoms with Crippen molar-refractivity contribution in [3.63, 3.8) is 0 Å². The standard InChI is InChI=1S/C14H19ClN2O2S/c15-12-9-10(16)5-6-13(12)17-14(18)7-8-20(19)11-3-1-2-4-11/h5-6,9,11H,1-4,7-8,16H2,(H,17,18). The van der Waals surface area contributed by atoms with E-state index >= 15 is 0 Å². The summed E-state index contributed by atoms with van der Waals surface area (Å²) in [6.07, 6.45) is 4.62. The third-order valence-corrected chi connectivity index (χ3v) is 5.61. The number of carbonyl (C=O) groups excluding carboxylic acids is 1. The van der Waals surface area contributed by atoms with Crippen LogP contribution in [0.3, 0.4) is 0 Å². The molecule has 1 saturated carbocycles. The zero-order valence-electron chi connectivity index (χ0n) is 11.2. The lowest BCUT2D eigenvalue weighted by molar-refractivity contribution is -0.115. The van der Waals surface area contributed by atoms with Crippen LogP contribution in [-0.4, -0.2) is 21.1 Å². The van der Waals surface area contributed by atoms with Crippen molar-refractivity contribution in [3.8, 4) is 0 Å². The Hall–Kier alpha value is -1.07. The predicted octanol–water partition coefficient (Wildman–Crippen LogP) is 2.94. The molecule has 0 saturated heterocycles. The van der Waals surface area contributed by atoms with Crippen LogP contribution >= 0.6 is 11.6 Å². The average Bonchev–Trinajstić information content (AvgIpc) is 2.93. The second kappa shape index (κ2) is 7.09. The van der Waals surface area contributed by atoms with Crippen molar-refractivity contribution >= 4 is 39.7 Å². The number of anilines is 2. The highest BCUT2D eigenvalue weighted by Gasteiger charge is 2.21. The molecule has 0 bridgehead atoms. The smallest absolute Gasteiger partial charge is 0.225 e. The molecule has 1 amide bonds. The van der Waals surface area contributed by atoms with Crippen LogP contribution in [-0.2, 0) is 15.6 Å². The van der Waals surface area contributed by atoms with Crippen molar-refractivity contribution in [2.45, 2.75) is 37.4 Å². The maximum atomic E-state index is 12.0. The van der Waals surface area contributed by atoms with E-state index in [1.807, 2.05) is 0 Å². The van der Waals surface area contributed by atoms with Crippen LogP contribution < -0.4 is 11.1 Å². The zero-order valence-corrected chi connectivity index (χ0v) is 12.8. The number of nitrogen functional groups attached to an aromatic ring is 1. The van der Waals surface area contributed by atoms with E-state index in [0.29, 0.717) is 22.2 Å². The van der Waals surface area contributed by atoms with E-state index in [4.69, 9.17) is 17.3 Å². The molecule has 0 aliphatic heterocycles. The summed E-state index contributed by atoms with van der Waals surface area (Å²) >= 11 is 5.99. The zero-order chi connectivity index (χ0) is 14.5. The lowest BCUT2D eigenvalue weighted by atomic mass is 10.3. The molecule has 3 N–H and O–H groups in total. The van der Waals surface area contributed by atoms with Crippen LogP contribution in [0.25, 0.3) is 0 Å². The van der Waals surface area contributed by atoms with Crippen LogP contribution in [0.1, 0.15) is 32.1 Å². The summed E-state index contributed by atoms with van der Waals surface area (Å²) in [7, 11) is -0.897. The lowest BCUT2D eigenvalue weighted by Crippen LogP contribution is -2.19. The van der Waals surface area contributed by atoms with Gasteiger partial charge < -0.3 is 11.1 Å². The van der Waals surface area contributed by atoms with Gasteiger partial charge in [-0.15, -0.1) is 0 Å². The summed E-state index contributed by atoms with van der Waals surface area (Å²) in [5.74, 6) is 0.256. The van der Waals surface area contributed by atoms with Crippen LogP contribution in [0.15, 0.2) is 18.2 Å². The third kappa shape index (κ3) is 4.21. The van der Waals surface area contributed by atoms with Crippen molar-refractivity contribution < 1.29 is 9.00 Å². The van der Waals surface area contributed by atoms with Gasteiger partial charge >= 0.3 is 0 Å². The summed E-state index contributed by atoms with van der Waals surface area (Å²) in [4.78, 5) is 11.8. The maximum absolute atomic E-state index is 12.0. The summed E-state index contributed by atoms with van der Waals surface area (Å²) in [5.41, 5.74) is 6.68. The number of nitrogens with two attached hydrogens (primary N) is 1. The molecular weight excluding hydrogens is 296 g/mol. The first kappa shape index (κ1) is 15.3. The largest absolute Gasteiger partial charge is 0.399 e. The van der Waals surface area contributed by atoms with E-state index in [1.165, 1.54) is 0 Å². The molecule has 0 radical (unpaired) electrons. The highest BCUT2D eigenvalue weighted by molar-refractivity contribution is 7.85. The Balaban J connectivity index is 1.81. The number of amides is 1. The second-order valence-electron chi connectivity index (χ2n) is 5.03. The summed E-state index contributed by atoms with van der Waals surface area (Å²) in [5, 5.41) is 3.42. The van der Waals surface area contributed by atoms with Crippen LogP contribution in [0.5, 0.6) is 0 Å². The monoisotopic (exact) mass is 314 g/mol. The van der Waals surface area contributed by atoms with Crippen molar-refractivity contribution in [1.82, 2.24) is 0 Å². The molecule has 1 atom stereocenters. The minimum atomic E-state index is -0.897. The molecule has 0 aromatic heterocycles. The number of halogens is 1. The molecule has 0 heterocycles. The van der Waals surface area contributed by atoms with Gasteiger partial charge in [-0.2, -0.15) is 0 Å². The molecule has 1 aromatic rings. The van der Waals surface area contributed by atoms with E-state index in [-0.39, 0.29) is 17.6 Å². The lowest BCUT2D eigenvalue weighted by Gasteiger charge is -2.10. The third-order valence-electron chi connectivity index (χ3n) is 3.47. The van der Waals surface area contributed by atoms with Gasteiger partial charge in [0.25, 0.3) is 0 Å². The van der Waals surface area contributed by atoms with Crippen molar-refractivity contribution in [2.75, 3.05) is 16.8 Å². The van der Waals surface area contributed by atoms with Crippen LogP contribution in [0.4, 0.5) is 11.4 Å². The Morgan fingerprint density at radius 3 is 2.75 bits per heavy atom. The fraction of sp³-hybridized carbons (Fsp3) is 0.500. The molecule has 1 fully saturated rings. The number of hydrogen-bond donors (Lipinski definition) is 2. The first-order chi connectivity index (χ1) is 9.56. The Bertz CT molecular complexity index is 516. The van der Waals surface area contributed by atoms with Gasteiger partial charge in [0, 0.05) is 33.9 Å². The van der Waals surface area contributed by atoms with Gasteiger partial charge in [0.15, 0.2) is 0 Å². The first-order valence-electron chi connectivity index (χ1n) is 6.78. The fourth-order valence-corrected chi connectivity index (χ4v) is 4.17. The predicted molar refractivity (Wildman–Crippen MR) is 84.4 cm³/mol. The summed E-state index contributed by atoms with van der Waals surface area (Å²) in [6, 6.07) is 4.94. The average molecular weight is 315 g/mol. The van der Waals surface area contributed by atoms with E-state index in [2.05, 4.69) is 5.32 Å². The fourth-order valence-electron chi connectivity index (χ4n) is 2.36. The quantitative estimate of drug-likeness (QED) is 0.821. The Kier molecular flexibility index (Phi) is 5.43. The molecular formula is C14H19ClN2O2S.